The zero-order valence-corrected chi connectivity index (χ0v) is 11.5. The van der Waals surface area contributed by atoms with Crippen LogP contribution in [0.1, 0.15) is 33.6 Å². The second-order valence-electron chi connectivity index (χ2n) is 4.79. The van der Waals surface area contributed by atoms with Crippen molar-refractivity contribution >= 4 is 5.91 Å². The van der Waals surface area contributed by atoms with Crippen LogP contribution in [0.25, 0.3) is 0 Å². The van der Waals surface area contributed by atoms with Gasteiger partial charge in [0, 0.05) is 39.3 Å². The van der Waals surface area contributed by atoms with Crippen molar-refractivity contribution in [3.63, 3.8) is 0 Å². The van der Waals surface area contributed by atoms with Gasteiger partial charge in [0.1, 0.15) is 0 Å². The molecule has 0 aromatic rings. The third-order valence-electron chi connectivity index (χ3n) is 3.36. The highest BCUT2D eigenvalue weighted by molar-refractivity contribution is 5.81. The summed E-state index contributed by atoms with van der Waals surface area (Å²) < 4.78 is 0. The Labute approximate surface area is 105 Å². The molecule has 1 amide bonds. The number of nitrogens with one attached hydrogen (secondary N) is 1. The van der Waals surface area contributed by atoms with Crippen molar-refractivity contribution in [2.24, 2.45) is 0 Å². The van der Waals surface area contributed by atoms with Gasteiger partial charge in [0.25, 0.3) is 0 Å². The minimum absolute atomic E-state index is 0.0372. The molecule has 4 nitrogen and oxygen atoms in total. The predicted octanol–water partition coefficient (Wildman–Crippen LogP) is 0.929. The van der Waals surface area contributed by atoms with Crippen LogP contribution in [0.5, 0.6) is 0 Å². The van der Waals surface area contributed by atoms with Crippen LogP contribution in [0.15, 0.2) is 0 Å². The van der Waals surface area contributed by atoms with Crippen LogP contribution in [-0.4, -0.2) is 61.0 Å². The number of carbonyl (C=O) groups excluding carboxylic acids is 1. The maximum atomic E-state index is 12.4. The Bertz CT molecular complexity index is 221. The summed E-state index contributed by atoms with van der Waals surface area (Å²) in [6, 6.07) is 0.0372. The Morgan fingerprint density at radius 2 is 1.76 bits per heavy atom. The molecular formula is C13H27N3O. The summed E-state index contributed by atoms with van der Waals surface area (Å²) in [7, 11) is 0. The molecule has 1 saturated heterocycles. The fourth-order valence-electron chi connectivity index (χ4n) is 2.36. The van der Waals surface area contributed by atoms with E-state index in [4.69, 9.17) is 0 Å². The topological polar surface area (TPSA) is 35.6 Å². The van der Waals surface area contributed by atoms with Crippen molar-refractivity contribution in [3.05, 3.63) is 0 Å². The molecule has 4 heteroatoms. The molecule has 0 aromatic heterocycles. The number of rotatable bonds is 6. The molecule has 0 bridgehead atoms. The van der Waals surface area contributed by atoms with Gasteiger partial charge in [-0.15, -0.1) is 0 Å². The number of hydrogen-bond acceptors (Lipinski definition) is 3. The van der Waals surface area contributed by atoms with Crippen LogP contribution in [-0.2, 0) is 4.79 Å². The van der Waals surface area contributed by atoms with E-state index in [1.807, 2.05) is 11.8 Å². The van der Waals surface area contributed by atoms with E-state index < -0.39 is 0 Å². The van der Waals surface area contributed by atoms with Gasteiger partial charge in [0.2, 0.25) is 5.91 Å². The monoisotopic (exact) mass is 241 g/mol. The van der Waals surface area contributed by atoms with E-state index in [1.54, 1.807) is 0 Å². The van der Waals surface area contributed by atoms with E-state index >= 15 is 0 Å². The molecule has 1 N–H and O–H groups in total. The fraction of sp³-hybridized carbons (Fsp3) is 0.923. The molecule has 100 valence electrons. The average molecular weight is 241 g/mol. The number of amides is 1. The van der Waals surface area contributed by atoms with Gasteiger partial charge in [-0.1, -0.05) is 13.8 Å². The van der Waals surface area contributed by atoms with Crippen molar-refractivity contribution in [1.82, 2.24) is 15.1 Å². The molecule has 1 aliphatic heterocycles. The maximum absolute atomic E-state index is 12.4. The van der Waals surface area contributed by atoms with Crippen molar-refractivity contribution in [2.75, 3.05) is 39.3 Å². The van der Waals surface area contributed by atoms with Crippen LogP contribution >= 0.6 is 0 Å². The molecule has 1 rings (SSSR count). The summed E-state index contributed by atoms with van der Waals surface area (Å²) in [5, 5.41) is 3.32. The van der Waals surface area contributed by atoms with Crippen molar-refractivity contribution in [1.29, 1.82) is 0 Å². The molecular weight excluding hydrogens is 214 g/mol. The van der Waals surface area contributed by atoms with Gasteiger partial charge >= 0.3 is 0 Å². The molecule has 1 fully saturated rings. The van der Waals surface area contributed by atoms with Gasteiger partial charge in [0.15, 0.2) is 0 Å². The first-order valence-corrected chi connectivity index (χ1v) is 6.94. The van der Waals surface area contributed by atoms with Crippen molar-refractivity contribution in [3.8, 4) is 0 Å². The number of nitrogens with zero attached hydrogens (tertiary/aromatic N) is 2. The fourth-order valence-corrected chi connectivity index (χ4v) is 2.36. The number of piperazine rings is 1. The maximum Gasteiger partial charge on any atom is 0.239 e. The van der Waals surface area contributed by atoms with E-state index in [0.717, 1.165) is 52.1 Å². The third kappa shape index (κ3) is 4.28. The Morgan fingerprint density at radius 3 is 2.24 bits per heavy atom. The smallest absolute Gasteiger partial charge is 0.239 e. The lowest BCUT2D eigenvalue weighted by Gasteiger charge is -2.35. The van der Waals surface area contributed by atoms with E-state index in [9.17, 15) is 4.79 Å². The molecule has 1 atom stereocenters. The van der Waals surface area contributed by atoms with Crippen molar-refractivity contribution in [2.45, 2.75) is 39.7 Å². The van der Waals surface area contributed by atoms with Gasteiger partial charge < -0.3 is 10.2 Å². The molecule has 0 radical (unpaired) electrons. The highest BCUT2D eigenvalue weighted by atomic mass is 16.2. The van der Waals surface area contributed by atoms with Crippen LogP contribution in [0, 0.1) is 0 Å². The second kappa shape index (κ2) is 7.67. The molecule has 0 saturated carbocycles. The summed E-state index contributed by atoms with van der Waals surface area (Å²) in [6.45, 7) is 12.1. The van der Waals surface area contributed by atoms with Crippen LogP contribution in [0.3, 0.4) is 0 Å². The highest BCUT2D eigenvalue weighted by Gasteiger charge is 2.25. The van der Waals surface area contributed by atoms with Gasteiger partial charge in [-0.3, -0.25) is 9.69 Å². The second-order valence-corrected chi connectivity index (χ2v) is 4.79. The summed E-state index contributed by atoms with van der Waals surface area (Å²) in [5.74, 6) is 0.301. The summed E-state index contributed by atoms with van der Waals surface area (Å²) in [6.07, 6.45) is 2.08. The average Bonchev–Trinajstić information content (AvgIpc) is 2.38. The minimum atomic E-state index is 0.0372. The third-order valence-corrected chi connectivity index (χ3v) is 3.36. The number of carbonyl (C=O) groups is 1. The van der Waals surface area contributed by atoms with E-state index in [0.29, 0.717) is 5.91 Å². The van der Waals surface area contributed by atoms with E-state index in [-0.39, 0.29) is 6.04 Å². The molecule has 1 unspecified atom stereocenters. The van der Waals surface area contributed by atoms with Gasteiger partial charge in [-0.05, 0) is 19.8 Å². The van der Waals surface area contributed by atoms with Crippen LogP contribution in [0.4, 0.5) is 0 Å². The Hall–Kier alpha value is -0.610. The number of hydrogen-bond donors (Lipinski definition) is 1. The first-order chi connectivity index (χ1) is 8.20. The minimum Gasteiger partial charge on any atom is -0.341 e. The standard InChI is InChI=1S/C13H27N3O/c1-4-8-16(9-5-2)13(17)12(3)15-10-6-14-7-11-15/h12,14H,4-11H2,1-3H3. The molecule has 0 aliphatic carbocycles. The largest absolute Gasteiger partial charge is 0.341 e. The zero-order chi connectivity index (χ0) is 12.7. The zero-order valence-electron chi connectivity index (χ0n) is 11.5. The normalized spacial score (nSPS) is 19.0. The lowest BCUT2D eigenvalue weighted by molar-refractivity contribution is -0.136. The summed E-state index contributed by atoms with van der Waals surface area (Å²) in [5.41, 5.74) is 0. The molecule has 17 heavy (non-hydrogen) atoms. The van der Waals surface area contributed by atoms with Gasteiger partial charge in [0.05, 0.1) is 6.04 Å². The first kappa shape index (κ1) is 14.5. The van der Waals surface area contributed by atoms with Gasteiger partial charge in [-0.25, -0.2) is 0 Å². The first-order valence-electron chi connectivity index (χ1n) is 6.94. The van der Waals surface area contributed by atoms with Gasteiger partial charge in [-0.2, -0.15) is 0 Å². The predicted molar refractivity (Wildman–Crippen MR) is 71.1 cm³/mol. The molecule has 1 heterocycles. The molecule has 0 spiro atoms. The molecule has 0 aromatic carbocycles. The van der Waals surface area contributed by atoms with Crippen LogP contribution in [0.2, 0.25) is 0 Å². The van der Waals surface area contributed by atoms with Crippen molar-refractivity contribution < 1.29 is 4.79 Å². The Balaban J connectivity index is 2.51. The van der Waals surface area contributed by atoms with E-state index in [1.165, 1.54) is 0 Å². The Kier molecular flexibility index (Phi) is 6.52. The summed E-state index contributed by atoms with van der Waals surface area (Å²) >= 11 is 0. The molecule has 1 aliphatic rings. The van der Waals surface area contributed by atoms with Crippen LogP contribution < -0.4 is 5.32 Å². The highest BCUT2D eigenvalue weighted by Crippen LogP contribution is 2.07. The Morgan fingerprint density at radius 1 is 1.24 bits per heavy atom. The summed E-state index contributed by atoms with van der Waals surface area (Å²) in [4.78, 5) is 16.7. The lowest BCUT2D eigenvalue weighted by Crippen LogP contribution is -2.53. The SMILES string of the molecule is CCCN(CCC)C(=O)C(C)N1CCNCC1. The van der Waals surface area contributed by atoms with E-state index in [2.05, 4.69) is 24.1 Å². The lowest BCUT2D eigenvalue weighted by atomic mass is 10.2. The quantitative estimate of drug-likeness (QED) is 0.751.